The second-order valence-corrected chi connectivity index (χ2v) is 13.0. The molecule has 8 fully saturated rings. The molecule has 3 amide bonds. The number of nitrogens with zero attached hydrogens (tertiary/aromatic N) is 3. The highest BCUT2D eigenvalue weighted by Gasteiger charge is 2.60. The van der Waals surface area contributed by atoms with Crippen LogP contribution in [0.15, 0.2) is 0 Å². The van der Waals surface area contributed by atoms with Crippen molar-refractivity contribution in [1.29, 1.82) is 0 Å². The summed E-state index contributed by atoms with van der Waals surface area (Å²) in [5.41, 5.74) is 0.316. The lowest BCUT2D eigenvalue weighted by molar-refractivity contribution is -0.141. The molecule has 0 aromatic carbocycles. The van der Waals surface area contributed by atoms with E-state index in [4.69, 9.17) is 0 Å². The van der Waals surface area contributed by atoms with Crippen LogP contribution in [0, 0.1) is 46.8 Å². The third-order valence-electron chi connectivity index (χ3n) is 11.1. The van der Waals surface area contributed by atoms with Gasteiger partial charge in [0, 0.05) is 45.7 Å². The van der Waals surface area contributed by atoms with Gasteiger partial charge in [0.05, 0.1) is 11.8 Å². The summed E-state index contributed by atoms with van der Waals surface area (Å²) in [7, 11) is 0. The van der Waals surface area contributed by atoms with Crippen LogP contribution in [0.4, 0.5) is 0 Å². The van der Waals surface area contributed by atoms with Gasteiger partial charge in [-0.15, -0.1) is 0 Å². The minimum atomic E-state index is -0.00435. The predicted octanol–water partition coefficient (Wildman–Crippen LogP) is 2.77. The monoisotopic (exact) mass is 453 g/mol. The molecule has 0 aromatic rings. The lowest BCUT2D eigenvalue weighted by atomic mass is 9.49. The Balaban J connectivity index is 0.905. The topological polar surface area (TPSA) is 60.9 Å². The number of imide groups is 1. The highest BCUT2D eigenvalue weighted by atomic mass is 16.2. The number of amides is 3. The number of carbonyl (C=O) groups excluding carboxylic acids is 3. The van der Waals surface area contributed by atoms with Crippen LogP contribution in [-0.2, 0) is 14.4 Å². The van der Waals surface area contributed by atoms with Gasteiger partial charge < -0.3 is 4.90 Å². The van der Waals surface area contributed by atoms with Crippen LogP contribution in [0.5, 0.6) is 0 Å². The first-order valence-corrected chi connectivity index (χ1v) is 13.8. The Hall–Kier alpha value is -1.43. The molecule has 6 bridgehead atoms. The average molecular weight is 454 g/mol. The zero-order valence-electron chi connectivity index (χ0n) is 19.9. The fourth-order valence-corrected chi connectivity index (χ4v) is 10.1. The van der Waals surface area contributed by atoms with Crippen molar-refractivity contribution >= 4 is 17.7 Å². The predicted molar refractivity (Wildman–Crippen MR) is 123 cm³/mol. The van der Waals surface area contributed by atoms with Gasteiger partial charge in [-0.1, -0.05) is 0 Å². The van der Waals surface area contributed by atoms with Crippen molar-refractivity contribution in [2.45, 2.75) is 64.2 Å². The van der Waals surface area contributed by atoms with Crippen LogP contribution in [0.2, 0.25) is 0 Å². The number of fused-ring (bicyclic) bond motifs is 5. The van der Waals surface area contributed by atoms with Gasteiger partial charge in [0.2, 0.25) is 17.7 Å². The Labute approximate surface area is 197 Å². The van der Waals surface area contributed by atoms with E-state index >= 15 is 0 Å². The summed E-state index contributed by atoms with van der Waals surface area (Å²) in [6.07, 6.45) is 12.3. The fourth-order valence-electron chi connectivity index (χ4n) is 10.1. The number of carbonyl (C=O) groups is 3. The van der Waals surface area contributed by atoms with Gasteiger partial charge in [-0.05, 0) is 92.8 Å². The molecule has 0 unspecified atom stereocenters. The maximum Gasteiger partial charge on any atom is 0.233 e. The SMILES string of the molecule is O=C(CC12CC3CC(CC(C3)C1)C2)N1CCN(CCN2C(=O)[C@@H]3[C@H]4CC[C@@H](C4)[C@@H]3C2=O)CC1. The first-order chi connectivity index (χ1) is 16.0. The molecule has 2 heterocycles. The van der Waals surface area contributed by atoms with Crippen molar-refractivity contribution in [2.75, 3.05) is 39.3 Å². The second kappa shape index (κ2) is 7.53. The van der Waals surface area contributed by atoms with E-state index in [0.29, 0.717) is 29.7 Å². The molecule has 33 heavy (non-hydrogen) atoms. The van der Waals surface area contributed by atoms with Gasteiger partial charge in [0.1, 0.15) is 0 Å². The average Bonchev–Trinajstić information content (AvgIpc) is 3.46. The lowest BCUT2D eigenvalue weighted by Crippen LogP contribution is -2.53. The molecule has 4 atom stereocenters. The molecule has 6 nitrogen and oxygen atoms in total. The number of hydrogen-bond acceptors (Lipinski definition) is 4. The minimum Gasteiger partial charge on any atom is -0.340 e. The number of likely N-dealkylation sites (tertiary alicyclic amines) is 1. The Kier molecular flexibility index (Phi) is 4.77. The standard InChI is InChI=1S/C27H39N3O3/c31-22(16-27-13-17-9-18(14-27)11-19(10-17)15-27)29-6-3-28(4-7-29)5-8-30-25(32)23-20-1-2-21(12-20)24(23)26(30)33/h17-21,23-24H,1-16H2/t17?,18?,19?,20-,21-,23-,24+,27?/m0/s1. The Morgan fingerprint density at radius 1 is 0.758 bits per heavy atom. The number of piperazine rings is 1. The summed E-state index contributed by atoms with van der Waals surface area (Å²) in [6, 6.07) is 0. The van der Waals surface area contributed by atoms with Crippen molar-refractivity contribution in [3.8, 4) is 0 Å². The lowest BCUT2D eigenvalue weighted by Gasteiger charge is -2.57. The normalized spacial score (nSPS) is 46.0. The molecule has 6 aliphatic carbocycles. The molecule has 2 aliphatic heterocycles. The largest absolute Gasteiger partial charge is 0.340 e. The molecule has 0 aromatic heterocycles. The van der Waals surface area contributed by atoms with E-state index < -0.39 is 0 Å². The Bertz CT molecular complexity index is 799. The molecule has 6 heteroatoms. The van der Waals surface area contributed by atoms with Crippen LogP contribution in [0.25, 0.3) is 0 Å². The zero-order valence-corrected chi connectivity index (χ0v) is 19.9. The smallest absolute Gasteiger partial charge is 0.233 e. The van der Waals surface area contributed by atoms with E-state index in [0.717, 1.165) is 76.2 Å². The first-order valence-electron chi connectivity index (χ1n) is 13.8. The van der Waals surface area contributed by atoms with Crippen molar-refractivity contribution in [3.63, 3.8) is 0 Å². The number of rotatable bonds is 5. The van der Waals surface area contributed by atoms with Gasteiger partial charge >= 0.3 is 0 Å². The van der Waals surface area contributed by atoms with E-state index in [9.17, 15) is 14.4 Å². The van der Waals surface area contributed by atoms with Gasteiger partial charge in [0.25, 0.3) is 0 Å². The molecular formula is C27H39N3O3. The van der Waals surface area contributed by atoms with E-state index in [1.165, 1.54) is 38.5 Å². The zero-order chi connectivity index (χ0) is 22.3. The highest BCUT2D eigenvalue weighted by Crippen LogP contribution is 2.61. The van der Waals surface area contributed by atoms with E-state index in [-0.39, 0.29) is 23.7 Å². The van der Waals surface area contributed by atoms with Crippen molar-refractivity contribution in [2.24, 2.45) is 46.8 Å². The summed E-state index contributed by atoms with van der Waals surface area (Å²) in [5, 5.41) is 0. The summed E-state index contributed by atoms with van der Waals surface area (Å²) >= 11 is 0. The van der Waals surface area contributed by atoms with E-state index in [2.05, 4.69) is 9.80 Å². The quantitative estimate of drug-likeness (QED) is 0.601. The third-order valence-corrected chi connectivity index (χ3v) is 11.1. The van der Waals surface area contributed by atoms with Crippen LogP contribution < -0.4 is 0 Å². The van der Waals surface area contributed by atoms with Crippen molar-refractivity contribution in [1.82, 2.24) is 14.7 Å². The summed E-state index contributed by atoms with van der Waals surface area (Å²) in [6.45, 7) is 4.60. The second-order valence-electron chi connectivity index (χ2n) is 13.0. The third kappa shape index (κ3) is 3.33. The summed E-state index contributed by atoms with van der Waals surface area (Å²) in [5.74, 6) is 4.21. The highest BCUT2D eigenvalue weighted by molar-refractivity contribution is 6.06. The van der Waals surface area contributed by atoms with Gasteiger partial charge in [0.15, 0.2) is 0 Å². The molecule has 6 saturated carbocycles. The molecule has 2 saturated heterocycles. The minimum absolute atomic E-state index is 0.00435. The first kappa shape index (κ1) is 20.9. The maximum atomic E-state index is 13.2. The van der Waals surface area contributed by atoms with E-state index in [1.54, 1.807) is 4.90 Å². The molecule has 8 rings (SSSR count). The Morgan fingerprint density at radius 3 is 1.85 bits per heavy atom. The summed E-state index contributed by atoms with van der Waals surface area (Å²) in [4.78, 5) is 45.1. The van der Waals surface area contributed by atoms with Gasteiger partial charge in [-0.25, -0.2) is 0 Å². The van der Waals surface area contributed by atoms with Crippen LogP contribution in [0.3, 0.4) is 0 Å². The molecular weight excluding hydrogens is 414 g/mol. The van der Waals surface area contributed by atoms with Crippen LogP contribution in [0.1, 0.15) is 64.2 Å². The molecule has 180 valence electrons. The molecule has 8 aliphatic rings. The fraction of sp³-hybridized carbons (Fsp3) is 0.889. The number of hydrogen-bond donors (Lipinski definition) is 0. The molecule has 0 radical (unpaired) electrons. The van der Waals surface area contributed by atoms with Crippen LogP contribution in [-0.4, -0.2) is 71.7 Å². The van der Waals surface area contributed by atoms with Gasteiger partial charge in [-0.2, -0.15) is 0 Å². The molecule has 0 spiro atoms. The van der Waals surface area contributed by atoms with Gasteiger partial charge in [-0.3, -0.25) is 24.2 Å². The summed E-state index contributed by atoms with van der Waals surface area (Å²) < 4.78 is 0. The Morgan fingerprint density at radius 2 is 1.30 bits per heavy atom. The molecule has 0 N–H and O–H groups in total. The maximum absolute atomic E-state index is 13.2. The van der Waals surface area contributed by atoms with Crippen molar-refractivity contribution < 1.29 is 14.4 Å². The van der Waals surface area contributed by atoms with Crippen molar-refractivity contribution in [3.05, 3.63) is 0 Å². The van der Waals surface area contributed by atoms with E-state index in [1.807, 2.05) is 0 Å². The van der Waals surface area contributed by atoms with Crippen LogP contribution >= 0.6 is 0 Å².